The molecule has 0 aromatic carbocycles. The number of allylic oxidation sites excluding steroid dienone is 8. The van der Waals surface area contributed by atoms with Gasteiger partial charge in [-0.2, -0.15) is 0 Å². The average Bonchev–Trinajstić information content (AvgIpc) is 2.91. The van der Waals surface area contributed by atoms with Crippen LogP contribution in [0, 0.1) is 0 Å². The maximum atomic E-state index is 7.21. The van der Waals surface area contributed by atoms with E-state index in [9.17, 15) is 0 Å². The second-order valence-corrected chi connectivity index (χ2v) is 46.7. The van der Waals surface area contributed by atoms with Crippen LogP contribution in [0.2, 0.25) is 4.18 Å². The fourth-order valence-corrected chi connectivity index (χ4v) is 21.4. The smallest absolute Gasteiger partial charge is 0.147 e. The Bertz CT molecular complexity index is 438. The molecule has 0 N–H and O–H groups in total. The molecule has 2 aliphatic rings. The third kappa shape index (κ3) is 3.09. The largest absolute Gasteiger partial charge is 0.147 e. The van der Waals surface area contributed by atoms with Crippen molar-refractivity contribution in [2.45, 2.75) is 23.9 Å². The molecule has 0 nitrogen and oxygen atoms in total. The van der Waals surface area contributed by atoms with Crippen LogP contribution in [0.25, 0.3) is 0 Å². The summed E-state index contributed by atoms with van der Waals surface area (Å²) in [5, 5.41) is 0. The second kappa shape index (κ2) is 6.38. The van der Waals surface area contributed by atoms with Gasteiger partial charge in [0.25, 0.3) is 0 Å². The van der Waals surface area contributed by atoms with E-state index in [-0.39, 0.29) is 24.8 Å². The molecule has 17 heavy (non-hydrogen) atoms. The van der Waals surface area contributed by atoms with Gasteiger partial charge in [0.15, 0.2) is 0 Å². The molecular weight excluding hydrogens is 457 g/mol. The van der Waals surface area contributed by atoms with Crippen LogP contribution in [0.1, 0.15) is 19.8 Å². The van der Waals surface area contributed by atoms with Crippen molar-refractivity contribution >= 4 is 40.3 Å². The summed E-state index contributed by atoms with van der Waals surface area (Å²) in [5.74, 6) is 0. The molecule has 0 aromatic rings. The van der Waals surface area contributed by atoms with Gasteiger partial charge in [0, 0.05) is 0 Å². The van der Waals surface area contributed by atoms with Gasteiger partial charge < -0.3 is 0 Å². The molecule has 2 rings (SSSR count). The van der Waals surface area contributed by atoms with Crippen molar-refractivity contribution in [2.24, 2.45) is 0 Å². The van der Waals surface area contributed by atoms with Crippen LogP contribution >= 0.6 is 33.4 Å². The van der Waals surface area contributed by atoms with Crippen LogP contribution in [0.4, 0.5) is 0 Å². The molecule has 0 radical (unpaired) electrons. The Kier molecular flexibility index (Phi) is 6.73. The van der Waals surface area contributed by atoms with Gasteiger partial charge in [0.1, 0.15) is 0 Å². The van der Waals surface area contributed by atoms with Crippen LogP contribution in [0.15, 0.2) is 43.1 Å². The van der Waals surface area contributed by atoms with Crippen molar-refractivity contribution < 1.29 is 15.9 Å². The summed E-state index contributed by atoms with van der Waals surface area (Å²) in [6.07, 6.45) is 15.5. The standard InChI is InChI=1S/2C5H5.C2H5.3ClH.Hf.H2Si/c2*1-2-4-5-3-1;1-2;;;;;/h2*1-3H,4H2;1H2,2H3;3*1H;;1H2/q;;;;;;+1;/p-1. The van der Waals surface area contributed by atoms with E-state index in [4.69, 9.17) is 8.58 Å². The Morgan fingerprint density at radius 1 is 1.12 bits per heavy atom. The number of halogens is 3. The first-order chi connectivity index (χ1) is 7.07. The van der Waals surface area contributed by atoms with Gasteiger partial charge in [0.2, 0.25) is 0 Å². The zero-order valence-corrected chi connectivity index (χ0v) is 17.4. The number of hydrogen-bond donors (Lipinski definition) is 0. The summed E-state index contributed by atoms with van der Waals surface area (Å²) in [6, 6.07) is 0. The Balaban J connectivity index is 0.00000128. The molecule has 0 atom stereocenters. The van der Waals surface area contributed by atoms with Gasteiger partial charge in [-0.05, 0) is 0 Å². The Labute approximate surface area is 122 Å². The van der Waals surface area contributed by atoms with E-state index < -0.39 is 15.9 Å². The molecule has 0 amide bonds. The quantitative estimate of drug-likeness (QED) is 0.532. The predicted molar refractivity (Wildman–Crippen MR) is 83.1 cm³/mol. The van der Waals surface area contributed by atoms with E-state index in [1.165, 1.54) is 0 Å². The van der Waals surface area contributed by atoms with Gasteiger partial charge in [-0.3, -0.25) is 0 Å². The molecule has 96 valence electrons. The van der Waals surface area contributed by atoms with Crippen LogP contribution in [0.3, 0.4) is 0 Å². The van der Waals surface area contributed by atoms with Crippen molar-refractivity contribution in [3.63, 3.8) is 0 Å². The van der Waals surface area contributed by atoms with Gasteiger partial charge in [-0.1, -0.05) is 0 Å². The summed E-state index contributed by atoms with van der Waals surface area (Å²) >= 11 is -3.33. The Hall–Kier alpha value is 0.917. The third-order valence-corrected chi connectivity index (χ3v) is 40.0. The maximum absolute atomic E-state index is 7.21. The van der Waals surface area contributed by atoms with E-state index in [2.05, 4.69) is 50.3 Å². The average molecular weight is 476 g/mol. The molecule has 0 saturated heterocycles. The minimum Gasteiger partial charge on any atom is -0.147 e. The summed E-state index contributed by atoms with van der Waals surface area (Å²) in [6.45, 7) is 4.42. The van der Waals surface area contributed by atoms with Crippen molar-refractivity contribution in [2.75, 3.05) is 0 Å². The SMILES string of the molecule is C[CH2][Hf](=[SiH2])([Cl])([C]1=CC=CC1)[C]1=CC=CC1.Cl.Cl. The van der Waals surface area contributed by atoms with E-state index in [1.54, 1.807) is 6.66 Å². The van der Waals surface area contributed by atoms with Crippen LogP contribution in [-0.4, -0.2) is 6.94 Å². The molecule has 2 aliphatic carbocycles. The van der Waals surface area contributed by atoms with E-state index in [1.807, 2.05) is 0 Å². The maximum Gasteiger partial charge on any atom is -0.147 e. The van der Waals surface area contributed by atoms with Crippen molar-refractivity contribution in [3.05, 3.63) is 43.1 Å². The van der Waals surface area contributed by atoms with Crippen molar-refractivity contribution in [3.8, 4) is 0 Å². The van der Waals surface area contributed by atoms with Gasteiger partial charge in [0.05, 0.1) is 0 Å². The molecule has 0 unspecified atom stereocenters. The van der Waals surface area contributed by atoms with Crippen molar-refractivity contribution in [1.82, 2.24) is 0 Å². The Morgan fingerprint density at radius 2 is 1.53 bits per heavy atom. The normalized spacial score (nSPS) is 18.3. The van der Waals surface area contributed by atoms with Gasteiger partial charge in [-0.25, -0.2) is 0 Å². The number of hydrogen-bond acceptors (Lipinski definition) is 0. The summed E-state index contributed by atoms with van der Waals surface area (Å²) < 4.78 is 4.28. The first kappa shape index (κ1) is 17.9. The zero-order valence-electron chi connectivity index (χ0n) is 9.99. The molecule has 0 heterocycles. The fourth-order valence-electron chi connectivity index (χ4n) is 2.40. The third-order valence-electron chi connectivity index (χ3n) is 3.75. The minimum absolute atomic E-state index is 0. The first-order valence-corrected chi connectivity index (χ1v) is 24.5. The topological polar surface area (TPSA) is 0 Å². The van der Waals surface area contributed by atoms with Crippen LogP contribution in [-0.2, 0) is 15.9 Å². The van der Waals surface area contributed by atoms with E-state index >= 15 is 0 Å². The monoisotopic (exact) mass is 476 g/mol. The van der Waals surface area contributed by atoms with Crippen molar-refractivity contribution in [1.29, 1.82) is 0 Å². The molecule has 0 spiro atoms. The second-order valence-electron chi connectivity index (χ2n) is 4.54. The number of rotatable bonds is 3. The van der Waals surface area contributed by atoms with Gasteiger partial charge >= 0.3 is 98.5 Å². The summed E-state index contributed by atoms with van der Waals surface area (Å²) in [5.41, 5.74) is 0. The van der Waals surface area contributed by atoms with Crippen LogP contribution in [0.5, 0.6) is 0 Å². The molecule has 0 aromatic heterocycles. The van der Waals surface area contributed by atoms with E-state index in [0.29, 0.717) is 0 Å². The molecular formula is C12H19Cl3HfSi. The molecule has 0 bridgehead atoms. The minimum atomic E-state index is -3.33. The molecule has 0 aliphatic heterocycles. The zero-order chi connectivity index (χ0) is 11.0. The van der Waals surface area contributed by atoms with E-state index in [0.717, 1.165) is 17.0 Å². The molecule has 0 saturated carbocycles. The fraction of sp³-hybridized carbons (Fsp3) is 0.333. The van der Waals surface area contributed by atoms with Gasteiger partial charge in [-0.15, -0.1) is 24.8 Å². The van der Waals surface area contributed by atoms with Crippen LogP contribution < -0.4 is 0 Å². The molecule has 0 fully saturated rings. The predicted octanol–water partition coefficient (Wildman–Crippen LogP) is 4.35. The first-order valence-electron chi connectivity index (χ1n) is 5.54. The Morgan fingerprint density at radius 3 is 1.76 bits per heavy atom. The summed E-state index contributed by atoms with van der Waals surface area (Å²) in [7, 11) is 7.21. The summed E-state index contributed by atoms with van der Waals surface area (Å²) in [4.78, 5) is 0. The molecule has 5 heteroatoms.